The number of amides is 1. The Kier molecular flexibility index (Phi) is 3.11. The number of rotatable bonds is 3. The molecule has 1 aromatic heterocycles. The van der Waals surface area contributed by atoms with Gasteiger partial charge < -0.3 is 19.7 Å². The minimum atomic E-state index is -0.991. The molecule has 0 aromatic carbocycles. The van der Waals surface area contributed by atoms with Crippen LogP contribution < -0.4 is 0 Å². The van der Waals surface area contributed by atoms with Gasteiger partial charge in [0.2, 0.25) is 5.91 Å². The number of aromatic nitrogens is 1. The lowest BCUT2D eigenvalue weighted by molar-refractivity contribution is -0.169. The topological polar surface area (TPSA) is 82.8 Å². The number of thioether (sulfide) groups is 1. The first-order valence-electron chi connectivity index (χ1n) is 6.78. The number of fused-ring (bicyclic) bond motifs is 1. The highest BCUT2D eigenvalue weighted by Gasteiger charge is 2.65. The fourth-order valence-electron chi connectivity index (χ4n) is 3.30. The molecule has 1 aromatic rings. The van der Waals surface area contributed by atoms with Crippen LogP contribution in [0, 0.1) is 5.92 Å². The maximum atomic E-state index is 12.4. The van der Waals surface area contributed by atoms with Crippen LogP contribution in [0.15, 0.2) is 18.3 Å². The first kappa shape index (κ1) is 14.5. The van der Waals surface area contributed by atoms with Gasteiger partial charge in [0.05, 0.1) is 11.3 Å². The van der Waals surface area contributed by atoms with Crippen molar-refractivity contribution in [2.24, 2.45) is 13.0 Å². The second-order valence-corrected chi connectivity index (χ2v) is 7.88. The molecular weight excluding hydrogens is 292 g/mol. The molecule has 2 aliphatic rings. The van der Waals surface area contributed by atoms with Crippen LogP contribution in [0.1, 0.15) is 25.6 Å². The number of hydrogen-bond acceptors (Lipinski definition) is 4. The van der Waals surface area contributed by atoms with Gasteiger partial charge in [0, 0.05) is 23.7 Å². The zero-order chi connectivity index (χ0) is 15.5. The summed E-state index contributed by atoms with van der Waals surface area (Å²) in [5.74, 6) is -1.85. The first-order chi connectivity index (χ1) is 9.75. The molecule has 2 N–H and O–H groups in total. The summed E-state index contributed by atoms with van der Waals surface area (Å²) < 4.78 is 1.22. The molecule has 2 aliphatic heterocycles. The molecule has 4 atom stereocenters. The number of β-lactam (4-membered cyclic amide) rings is 1. The van der Waals surface area contributed by atoms with Crippen LogP contribution in [-0.2, 0) is 16.6 Å². The Labute approximate surface area is 126 Å². The summed E-state index contributed by atoms with van der Waals surface area (Å²) >= 11 is 1.45. The van der Waals surface area contributed by atoms with Gasteiger partial charge in [0.25, 0.3) is 0 Å². The average Bonchev–Trinajstić information content (AvgIpc) is 2.89. The molecule has 0 aliphatic carbocycles. The fraction of sp³-hybridized carbons (Fsp3) is 0.571. The van der Waals surface area contributed by atoms with Crippen molar-refractivity contribution in [3.05, 3.63) is 24.0 Å². The van der Waals surface area contributed by atoms with E-state index in [1.807, 2.05) is 33.2 Å². The van der Waals surface area contributed by atoms with Gasteiger partial charge in [-0.3, -0.25) is 4.79 Å². The van der Waals surface area contributed by atoms with Gasteiger partial charge in [0.15, 0.2) is 0 Å². The van der Waals surface area contributed by atoms with Gasteiger partial charge in [-0.1, -0.05) is 0 Å². The lowest BCUT2D eigenvalue weighted by Crippen LogP contribution is -2.64. The van der Waals surface area contributed by atoms with E-state index in [2.05, 4.69) is 0 Å². The maximum absolute atomic E-state index is 12.4. The van der Waals surface area contributed by atoms with Crippen molar-refractivity contribution in [3.63, 3.8) is 0 Å². The molecule has 3 rings (SSSR count). The fourth-order valence-corrected chi connectivity index (χ4v) is 5.01. The normalized spacial score (nSPS) is 31.7. The SMILES string of the molecule is Cn1cccc1C(O)[C@@H]1C(=O)N2[C@@H]1SC(C)(C)[C@@H]2C(=O)O. The van der Waals surface area contributed by atoms with Crippen LogP contribution in [0.4, 0.5) is 0 Å². The summed E-state index contributed by atoms with van der Waals surface area (Å²) in [4.78, 5) is 25.2. The highest BCUT2D eigenvalue weighted by atomic mass is 32.2. The maximum Gasteiger partial charge on any atom is 0.327 e. The zero-order valence-corrected chi connectivity index (χ0v) is 12.9. The third-order valence-corrected chi connectivity index (χ3v) is 5.94. The van der Waals surface area contributed by atoms with Crippen molar-refractivity contribution in [1.82, 2.24) is 9.47 Å². The summed E-state index contributed by atoms with van der Waals surface area (Å²) in [6.45, 7) is 3.65. The van der Waals surface area contributed by atoms with Crippen molar-refractivity contribution in [2.45, 2.75) is 36.1 Å². The summed E-state index contributed by atoms with van der Waals surface area (Å²) in [6.07, 6.45) is 0.903. The average molecular weight is 310 g/mol. The van der Waals surface area contributed by atoms with Crippen molar-refractivity contribution >= 4 is 23.6 Å². The Morgan fingerprint density at radius 1 is 1.48 bits per heavy atom. The van der Waals surface area contributed by atoms with Gasteiger partial charge in [-0.05, 0) is 26.0 Å². The van der Waals surface area contributed by atoms with Gasteiger partial charge in [-0.15, -0.1) is 11.8 Å². The largest absolute Gasteiger partial charge is 0.480 e. The number of carbonyl (C=O) groups excluding carboxylic acids is 1. The lowest BCUT2D eigenvalue weighted by atomic mass is 9.86. The van der Waals surface area contributed by atoms with E-state index in [0.717, 1.165) is 0 Å². The molecule has 2 saturated heterocycles. The van der Waals surface area contributed by atoms with E-state index in [1.54, 1.807) is 10.6 Å². The van der Waals surface area contributed by atoms with Crippen LogP contribution in [-0.4, -0.2) is 47.7 Å². The Balaban J connectivity index is 1.88. The van der Waals surface area contributed by atoms with Crippen LogP contribution >= 0.6 is 11.8 Å². The minimum absolute atomic E-state index is 0.279. The third-order valence-electron chi connectivity index (χ3n) is 4.34. The Morgan fingerprint density at radius 3 is 2.67 bits per heavy atom. The quantitative estimate of drug-likeness (QED) is 0.808. The molecule has 21 heavy (non-hydrogen) atoms. The van der Waals surface area contributed by atoms with E-state index in [9.17, 15) is 19.8 Å². The molecule has 0 saturated carbocycles. The Hall–Kier alpha value is -1.47. The lowest BCUT2D eigenvalue weighted by Gasteiger charge is -2.45. The second-order valence-electron chi connectivity index (χ2n) is 6.11. The van der Waals surface area contributed by atoms with Crippen molar-refractivity contribution in [3.8, 4) is 0 Å². The number of aliphatic hydroxyl groups is 1. The molecule has 3 heterocycles. The third kappa shape index (κ3) is 1.91. The van der Waals surface area contributed by atoms with Crippen LogP contribution in [0.5, 0.6) is 0 Å². The predicted molar refractivity (Wildman–Crippen MR) is 77.6 cm³/mol. The van der Waals surface area contributed by atoms with Crippen LogP contribution in [0.2, 0.25) is 0 Å². The molecule has 0 bridgehead atoms. The number of aliphatic carboxylic acids is 1. The van der Waals surface area contributed by atoms with E-state index in [0.29, 0.717) is 5.69 Å². The van der Waals surface area contributed by atoms with E-state index in [-0.39, 0.29) is 11.3 Å². The summed E-state index contributed by atoms with van der Waals surface area (Å²) in [6, 6.07) is 2.75. The van der Waals surface area contributed by atoms with Crippen molar-refractivity contribution in [2.75, 3.05) is 0 Å². The minimum Gasteiger partial charge on any atom is -0.480 e. The highest BCUT2D eigenvalue weighted by molar-refractivity contribution is 8.01. The van der Waals surface area contributed by atoms with Crippen molar-refractivity contribution in [1.29, 1.82) is 0 Å². The monoisotopic (exact) mass is 310 g/mol. The van der Waals surface area contributed by atoms with E-state index < -0.39 is 28.8 Å². The Bertz CT molecular complexity index is 612. The predicted octanol–water partition coefficient (Wildman–Crippen LogP) is 0.822. The van der Waals surface area contributed by atoms with Crippen LogP contribution in [0.25, 0.3) is 0 Å². The van der Waals surface area contributed by atoms with Crippen LogP contribution in [0.3, 0.4) is 0 Å². The number of carboxylic acid groups (broad SMARTS) is 1. The zero-order valence-electron chi connectivity index (χ0n) is 12.1. The smallest absolute Gasteiger partial charge is 0.327 e. The molecule has 0 spiro atoms. The Morgan fingerprint density at radius 2 is 2.14 bits per heavy atom. The van der Waals surface area contributed by atoms with Gasteiger partial charge in [-0.25, -0.2) is 4.79 Å². The molecule has 114 valence electrons. The van der Waals surface area contributed by atoms with Crippen molar-refractivity contribution < 1.29 is 19.8 Å². The molecular formula is C14H18N2O4S. The van der Waals surface area contributed by atoms with Gasteiger partial charge in [0.1, 0.15) is 12.1 Å². The number of carbonyl (C=O) groups is 2. The summed E-state index contributed by atoms with van der Waals surface area (Å²) in [5, 5.41) is 19.6. The number of aliphatic hydroxyl groups excluding tert-OH is 1. The van der Waals surface area contributed by atoms with E-state index in [1.165, 1.54) is 16.7 Å². The first-order valence-corrected chi connectivity index (χ1v) is 7.66. The summed E-state index contributed by atoms with van der Waals surface area (Å²) in [5.41, 5.74) is 0.671. The van der Waals surface area contributed by atoms with Gasteiger partial charge in [-0.2, -0.15) is 0 Å². The molecule has 6 nitrogen and oxygen atoms in total. The number of nitrogens with zero attached hydrogens (tertiary/aromatic N) is 2. The molecule has 1 amide bonds. The summed E-state index contributed by atoms with van der Waals surface area (Å²) in [7, 11) is 1.81. The molecule has 2 fully saturated rings. The number of hydrogen-bond donors (Lipinski definition) is 2. The van der Waals surface area contributed by atoms with E-state index >= 15 is 0 Å². The van der Waals surface area contributed by atoms with Gasteiger partial charge >= 0.3 is 5.97 Å². The second kappa shape index (κ2) is 4.51. The van der Waals surface area contributed by atoms with E-state index in [4.69, 9.17) is 0 Å². The molecule has 1 unspecified atom stereocenters. The number of aryl methyl sites for hydroxylation is 1. The molecule has 7 heteroatoms. The standard InChI is InChI=1S/C14H18N2O4S/c1-14(2)10(13(19)20)16-11(18)8(12(16)21-14)9(17)7-5-4-6-15(7)3/h4-6,8-10,12,17H,1-3H3,(H,19,20)/t8-,9?,10+,12-/m1/s1. The highest BCUT2D eigenvalue weighted by Crippen LogP contribution is 2.55. The molecule has 0 radical (unpaired) electrons. The number of carboxylic acids is 1.